The summed E-state index contributed by atoms with van der Waals surface area (Å²) in [7, 11) is -3.22. The minimum absolute atomic E-state index is 0.122. The van der Waals surface area contributed by atoms with Gasteiger partial charge in [0, 0.05) is 6.04 Å². The highest BCUT2D eigenvalue weighted by atomic mass is 32.2. The molecule has 20 heavy (non-hydrogen) atoms. The van der Waals surface area contributed by atoms with Crippen molar-refractivity contribution < 1.29 is 8.42 Å². The Labute approximate surface area is 122 Å². The average Bonchev–Trinajstić information content (AvgIpc) is 2.46. The van der Waals surface area contributed by atoms with Crippen LogP contribution in [0.1, 0.15) is 37.8 Å². The predicted molar refractivity (Wildman–Crippen MR) is 82.0 cm³/mol. The minimum atomic E-state index is -3.22. The van der Waals surface area contributed by atoms with Gasteiger partial charge in [0.1, 0.15) is 0 Å². The third kappa shape index (κ3) is 4.58. The Kier molecular flexibility index (Phi) is 5.57. The zero-order chi connectivity index (χ0) is 14.4. The predicted octanol–water partition coefficient (Wildman–Crippen LogP) is 2.06. The lowest BCUT2D eigenvalue weighted by Gasteiger charge is -2.24. The fraction of sp³-hybridized carbons (Fsp3) is 0.600. The van der Waals surface area contributed by atoms with Gasteiger partial charge in [-0.15, -0.1) is 0 Å². The van der Waals surface area contributed by atoms with Crippen LogP contribution < -0.4 is 10.0 Å². The van der Waals surface area contributed by atoms with Crippen LogP contribution >= 0.6 is 0 Å². The summed E-state index contributed by atoms with van der Waals surface area (Å²) in [6.45, 7) is 3.86. The first-order valence-electron chi connectivity index (χ1n) is 7.36. The SMILES string of the molecule is CCC(NS(=O)(=O)CC1CCNCC1)c1ccccc1. The molecule has 0 aliphatic carbocycles. The van der Waals surface area contributed by atoms with Crippen LogP contribution in [0.3, 0.4) is 0 Å². The molecule has 0 spiro atoms. The molecule has 1 aliphatic heterocycles. The van der Waals surface area contributed by atoms with E-state index in [2.05, 4.69) is 10.0 Å². The third-order valence-electron chi connectivity index (χ3n) is 3.85. The van der Waals surface area contributed by atoms with E-state index < -0.39 is 10.0 Å². The molecule has 0 amide bonds. The van der Waals surface area contributed by atoms with E-state index in [9.17, 15) is 8.42 Å². The smallest absolute Gasteiger partial charge is 0.212 e. The maximum atomic E-state index is 12.3. The molecule has 5 heteroatoms. The average molecular weight is 296 g/mol. The third-order valence-corrected chi connectivity index (χ3v) is 5.40. The van der Waals surface area contributed by atoms with Crippen LogP contribution in [0.5, 0.6) is 0 Å². The molecule has 1 fully saturated rings. The highest BCUT2D eigenvalue weighted by molar-refractivity contribution is 7.89. The molecule has 2 rings (SSSR count). The zero-order valence-electron chi connectivity index (χ0n) is 12.0. The van der Waals surface area contributed by atoms with Crippen LogP contribution in [0, 0.1) is 5.92 Å². The van der Waals surface area contributed by atoms with Crippen molar-refractivity contribution in [3.05, 3.63) is 35.9 Å². The molecule has 1 unspecified atom stereocenters. The number of hydrogen-bond acceptors (Lipinski definition) is 3. The number of sulfonamides is 1. The maximum Gasteiger partial charge on any atom is 0.212 e. The van der Waals surface area contributed by atoms with Gasteiger partial charge < -0.3 is 5.32 Å². The van der Waals surface area contributed by atoms with Gasteiger partial charge in [0.15, 0.2) is 0 Å². The van der Waals surface area contributed by atoms with Crippen LogP contribution in [-0.4, -0.2) is 27.3 Å². The molecule has 0 radical (unpaired) electrons. The summed E-state index contributed by atoms with van der Waals surface area (Å²) in [5.41, 5.74) is 1.03. The first-order valence-corrected chi connectivity index (χ1v) is 9.01. The Morgan fingerprint density at radius 1 is 1.25 bits per heavy atom. The van der Waals surface area contributed by atoms with Crippen LogP contribution in [0.15, 0.2) is 30.3 Å². The fourth-order valence-corrected chi connectivity index (χ4v) is 4.48. The summed E-state index contributed by atoms with van der Waals surface area (Å²) < 4.78 is 27.5. The van der Waals surface area contributed by atoms with Crippen molar-refractivity contribution in [1.29, 1.82) is 0 Å². The van der Waals surface area contributed by atoms with Crippen molar-refractivity contribution in [2.75, 3.05) is 18.8 Å². The Hall–Kier alpha value is -0.910. The molecule has 0 saturated carbocycles. The van der Waals surface area contributed by atoms with Gasteiger partial charge in [-0.25, -0.2) is 13.1 Å². The number of benzene rings is 1. The topological polar surface area (TPSA) is 58.2 Å². The number of piperidine rings is 1. The van der Waals surface area contributed by atoms with Crippen molar-refractivity contribution in [3.8, 4) is 0 Å². The van der Waals surface area contributed by atoms with Gasteiger partial charge in [0.05, 0.1) is 5.75 Å². The number of hydrogen-bond donors (Lipinski definition) is 2. The molecule has 1 heterocycles. The van der Waals surface area contributed by atoms with Crippen molar-refractivity contribution in [2.24, 2.45) is 5.92 Å². The zero-order valence-corrected chi connectivity index (χ0v) is 12.8. The molecule has 1 aromatic rings. The van der Waals surface area contributed by atoms with Gasteiger partial charge in [-0.05, 0) is 43.8 Å². The molecular formula is C15H24N2O2S. The maximum absolute atomic E-state index is 12.3. The largest absolute Gasteiger partial charge is 0.317 e. The van der Waals surface area contributed by atoms with E-state index in [1.165, 1.54) is 0 Å². The normalized spacial score (nSPS) is 18.9. The Bertz CT molecular complexity index is 496. The van der Waals surface area contributed by atoms with Crippen molar-refractivity contribution in [3.63, 3.8) is 0 Å². The minimum Gasteiger partial charge on any atom is -0.317 e. The molecule has 0 aromatic heterocycles. The summed E-state index contributed by atoms with van der Waals surface area (Å²) in [6, 6.07) is 9.66. The summed E-state index contributed by atoms with van der Waals surface area (Å²) in [5.74, 6) is 0.528. The van der Waals surface area contributed by atoms with Gasteiger partial charge in [0.2, 0.25) is 10.0 Å². The monoisotopic (exact) mass is 296 g/mol. The molecule has 2 N–H and O–H groups in total. The molecule has 1 atom stereocenters. The van der Waals surface area contributed by atoms with Crippen molar-refractivity contribution in [2.45, 2.75) is 32.2 Å². The molecular weight excluding hydrogens is 272 g/mol. The van der Waals surface area contributed by atoms with E-state index >= 15 is 0 Å². The van der Waals surface area contributed by atoms with Gasteiger partial charge >= 0.3 is 0 Å². The summed E-state index contributed by atoms with van der Waals surface area (Å²) in [4.78, 5) is 0. The molecule has 1 aliphatic rings. The first kappa shape index (κ1) is 15.5. The highest BCUT2D eigenvalue weighted by Crippen LogP contribution is 2.19. The quantitative estimate of drug-likeness (QED) is 0.845. The highest BCUT2D eigenvalue weighted by Gasteiger charge is 2.23. The van der Waals surface area contributed by atoms with E-state index in [1.54, 1.807) is 0 Å². The van der Waals surface area contributed by atoms with Gasteiger partial charge in [0.25, 0.3) is 0 Å². The molecule has 1 aromatic carbocycles. The second kappa shape index (κ2) is 7.20. The fourth-order valence-electron chi connectivity index (χ4n) is 2.70. The van der Waals surface area contributed by atoms with Crippen molar-refractivity contribution >= 4 is 10.0 Å². The van der Waals surface area contributed by atoms with E-state index in [-0.39, 0.29) is 17.7 Å². The summed E-state index contributed by atoms with van der Waals surface area (Å²) in [5, 5.41) is 3.26. The van der Waals surface area contributed by atoms with Crippen LogP contribution in [-0.2, 0) is 10.0 Å². The van der Waals surface area contributed by atoms with Gasteiger partial charge in [-0.3, -0.25) is 0 Å². The lowest BCUT2D eigenvalue weighted by atomic mass is 10.0. The second-order valence-electron chi connectivity index (χ2n) is 5.46. The second-order valence-corrected chi connectivity index (χ2v) is 7.26. The lowest BCUT2D eigenvalue weighted by Crippen LogP contribution is -2.37. The Morgan fingerprint density at radius 2 is 1.90 bits per heavy atom. The van der Waals surface area contributed by atoms with Crippen molar-refractivity contribution in [1.82, 2.24) is 10.0 Å². The lowest BCUT2D eigenvalue weighted by molar-refractivity contribution is 0.399. The van der Waals surface area contributed by atoms with E-state index in [1.807, 2.05) is 37.3 Å². The van der Waals surface area contributed by atoms with Crippen LogP contribution in [0.4, 0.5) is 0 Å². The summed E-state index contributed by atoms with van der Waals surface area (Å²) in [6.07, 6.45) is 2.65. The Morgan fingerprint density at radius 3 is 2.50 bits per heavy atom. The number of rotatable bonds is 6. The van der Waals surface area contributed by atoms with Gasteiger partial charge in [-0.2, -0.15) is 0 Å². The standard InChI is InChI=1S/C15H24N2O2S/c1-2-15(14-6-4-3-5-7-14)17-20(18,19)12-13-8-10-16-11-9-13/h3-7,13,15-17H,2,8-12H2,1H3. The molecule has 1 saturated heterocycles. The molecule has 0 bridgehead atoms. The summed E-state index contributed by atoms with van der Waals surface area (Å²) >= 11 is 0. The van der Waals surface area contributed by atoms with E-state index in [0.29, 0.717) is 0 Å². The van der Waals surface area contributed by atoms with Gasteiger partial charge in [-0.1, -0.05) is 37.3 Å². The molecule has 112 valence electrons. The number of nitrogens with one attached hydrogen (secondary N) is 2. The van der Waals surface area contributed by atoms with Crippen LogP contribution in [0.25, 0.3) is 0 Å². The van der Waals surface area contributed by atoms with Crippen LogP contribution in [0.2, 0.25) is 0 Å². The Balaban J connectivity index is 1.98. The van der Waals surface area contributed by atoms with E-state index in [4.69, 9.17) is 0 Å². The first-order chi connectivity index (χ1) is 9.61. The molecule has 4 nitrogen and oxygen atoms in total. The van der Waals surface area contributed by atoms with E-state index in [0.717, 1.165) is 37.9 Å².